The van der Waals surface area contributed by atoms with E-state index in [0.29, 0.717) is 32.6 Å². The lowest BCUT2D eigenvalue weighted by molar-refractivity contribution is 0.669. The molecule has 0 spiro atoms. The average Bonchev–Trinajstić information content (AvgIpc) is 3.78. The van der Waals surface area contributed by atoms with Crippen LogP contribution in [0.4, 0.5) is 0 Å². The number of nitrogens with zero attached hydrogens (tertiary/aromatic N) is 3. The SMILES string of the molecule is [2H]c1c([2H])c([2H])c(-c2nc(-c3ccccc3)nc(-c3c([2H])c([2H])c4c(sc5c(-c6ccc7oc8ccccc8c7c6)c([2H])c([2H])c([2H])c54)c3[2H])n2)c([2H])c1[2H]. The van der Waals surface area contributed by atoms with Gasteiger partial charge in [-0.25, -0.2) is 15.0 Å². The molecule has 0 radical (unpaired) electrons. The third-order valence-electron chi connectivity index (χ3n) is 7.34. The van der Waals surface area contributed by atoms with Crippen molar-refractivity contribution in [1.29, 1.82) is 0 Å². The van der Waals surface area contributed by atoms with Gasteiger partial charge in [0.25, 0.3) is 0 Å². The molecule has 0 saturated heterocycles. The Labute approximate surface area is 272 Å². The highest BCUT2D eigenvalue weighted by molar-refractivity contribution is 7.26. The largest absolute Gasteiger partial charge is 0.456 e. The van der Waals surface area contributed by atoms with Crippen LogP contribution in [0.15, 0.2) is 144 Å². The van der Waals surface area contributed by atoms with Gasteiger partial charge in [-0.1, -0.05) is 115 Å². The molecule has 0 fully saturated rings. The Morgan fingerprint density at radius 2 is 1.27 bits per heavy atom. The topological polar surface area (TPSA) is 51.8 Å². The summed E-state index contributed by atoms with van der Waals surface area (Å²) in [5.74, 6) is -0.465. The molecule has 0 saturated carbocycles. The van der Waals surface area contributed by atoms with E-state index in [1.165, 1.54) is 0 Å². The third kappa shape index (κ3) is 4.09. The fraction of sp³-hybridized carbons (Fsp3) is 0. The molecule has 9 aromatic rings. The fourth-order valence-electron chi connectivity index (χ4n) is 5.29. The molecule has 0 bridgehead atoms. The minimum atomic E-state index is -0.592. The Balaban J connectivity index is 1.34. The van der Waals surface area contributed by atoms with Gasteiger partial charge in [-0.3, -0.25) is 0 Å². The maximum atomic E-state index is 9.49. The van der Waals surface area contributed by atoms with Crippen molar-refractivity contribution in [2.24, 2.45) is 0 Å². The lowest BCUT2D eigenvalue weighted by Crippen LogP contribution is -1.99. The summed E-state index contributed by atoms with van der Waals surface area (Å²) in [6.45, 7) is 0. The van der Waals surface area contributed by atoms with Crippen LogP contribution in [0.1, 0.15) is 15.1 Å². The zero-order valence-corrected chi connectivity index (χ0v) is 23.4. The van der Waals surface area contributed by atoms with Crippen molar-refractivity contribution in [3.05, 3.63) is 139 Å². The maximum absolute atomic E-state index is 9.49. The van der Waals surface area contributed by atoms with Crippen molar-refractivity contribution in [2.45, 2.75) is 0 Å². The van der Waals surface area contributed by atoms with E-state index in [1.54, 1.807) is 42.5 Å². The van der Waals surface area contributed by atoms with Crippen molar-refractivity contribution >= 4 is 53.4 Å². The fourth-order valence-corrected chi connectivity index (χ4v) is 6.43. The normalized spacial score (nSPS) is 15.1. The smallest absolute Gasteiger partial charge is 0.164 e. The van der Waals surface area contributed by atoms with Gasteiger partial charge in [0.1, 0.15) is 11.2 Å². The molecule has 4 nitrogen and oxygen atoms in total. The summed E-state index contributed by atoms with van der Waals surface area (Å²) in [6, 6.07) is 16.8. The monoisotopic (exact) mass is 592 g/mol. The van der Waals surface area contributed by atoms with E-state index in [2.05, 4.69) is 15.0 Å². The number of hydrogen-bond acceptors (Lipinski definition) is 5. The van der Waals surface area contributed by atoms with Gasteiger partial charge in [-0.2, -0.15) is 0 Å². The van der Waals surface area contributed by atoms with Gasteiger partial charge in [0.05, 0.1) is 15.1 Å². The summed E-state index contributed by atoms with van der Waals surface area (Å²) in [7, 11) is 0. The molecule has 0 N–H and O–H groups in total. The summed E-state index contributed by atoms with van der Waals surface area (Å²) in [5.41, 5.74) is 2.26. The molecule has 3 aromatic heterocycles. The van der Waals surface area contributed by atoms with E-state index in [-0.39, 0.29) is 74.3 Å². The summed E-state index contributed by atoms with van der Waals surface area (Å²) < 4.78 is 103. The first-order valence-corrected chi connectivity index (χ1v) is 14.5. The number of benzene rings is 6. The summed E-state index contributed by atoms with van der Waals surface area (Å²) in [4.78, 5) is 13.6. The molecule has 0 amide bonds. The summed E-state index contributed by atoms with van der Waals surface area (Å²) in [6.07, 6.45) is 0. The van der Waals surface area contributed by atoms with E-state index in [1.807, 2.05) is 30.3 Å². The van der Waals surface area contributed by atoms with Crippen LogP contribution in [-0.2, 0) is 0 Å². The lowest BCUT2D eigenvalue weighted by Gasteiger charge is -2.08. The van der Waals surface area contributed by atoms with Gasteiger partial charge in [-0.05, 0) is 35.4 Å². The van der Waals surface area contributed by atoms with Gasteiger partial charge in [0.15, 0.2) is 17.5 Å². The van der Waals surface area contributed by atoms with Gasteiger partial charge in [-0.15, -0.1) is 11.3 Å². The van der Waals surface area contributed by atoms with Crippen molar-refractivity contribution in [3.63, 3.8) is 0 Å². The number of thiophene rings is 1. The van der Waals surface area contributed by atoms with Crippen LogP contribution in [0.3, 0.4) is 0 Å². The van der Waals surface area contributed by atoms with E-state index < -0.39 is 36.3 Å². The van der Waals surface area contributed by atoms with Crippen LogP contribution in [0.25, 0.3) is 87.4 Å². The van der Waals surface area contributed by atoms with Crippen LogP contribution >= 0.6 is 11.3 Å². The third-order valence-corrected chi connectivity index (χ3v) is 8.46. The Morgan fingerprint density at radius 3 is 2.14 bits per heavy atom. The molecule has 0 aliphatic heterocycles. The first-order chi connectivity index (χ1) is 26.4. The Morgan fingerprint density at radius 1 is 0.523 bits per heavy atom. The van der Waals surface area contributed by atoms with Gasteiger partial charge in [0, 0.05) is 47.6 Å². The predicted octanol–water partition coefficient (Wildman–Crippen LogP) is 10.8. The first kappa shape index (κ1) is 16.3. The maximum Gasteiger partial charge on any atom is 0.164 e. The molecule has 0 aliphatic carbocycles. The predicted molar refractivity (Wildman–Crippen MR) is 182 cm³/mol. The molecule has 3 heterocycles. The van der Waals surface area contributed by atoms with Gasteiger partial charge in [0.2, 0.25) is 0 Å². The van der Waals surface area contributed by atoms with E-state index >= 15 is 0 Å². The molecule has 0 unspecified atom stereocenters. The minimum Gasteiger partial charge on any atom is -0.456 e. The summed E-state index contributed by atoms with van der Waals surface area (Å²) >= 11 is 1.06. The Kier molecular flexibility index (Phi) is 3.69. The van der Waals surface area contributed by atoms with E-state index in [0.717, 1.165) is 22.1 Å². The number of fused-ring (bicyclic) bond motifs is 6. The van der Waals surface area contributed by atoms with Gasteiger partial charge >= 0.3 is 0 Å². The molecule has 5 heteroatoms. The first-order valence-electron chi connectivity index (χ1n) is 19.1. The highest BCUT2D eigenvalue weighted by atomic mass is 32.1. The molecule has 9 rings (SSSR count). The number of para-hydroxylation sites is 1. The molecule has 0 atom stereocenters. The van der Waals surface area contributed by atoms with Crippen LogP contribution in [0.5, 0.6) is 0 Å². The highest BCUT2D eigenvalue weighted by Crippen LogP contribution is 2.42. The molecule has 0 aliphatic rings. The Bertz CT molecular complexity index is 3100. The van der Waals surface area contributed by atoms with Crippen molar-refractivity contribution in [1.82, 2.24) is 15.0 Å². The molecular formula is C39H23N3OS. The average molecular weight is 593 g/mol. The number of aromatic nitrogens is 3. The minimum absolute atomic E-state index is 0.0461. The summed E-state index contributed by atoms with van der Waals surface area (Å²) in [5, 5.41) is 1.94. The lowest BCUT2D eigenvalue weighted by atomic mass is 10.0. The van der Waals surface area contributed by atoms with E-state index in [4.69, 9.17) is 15.4 Å². The van der Waals surface area contributed by atoms with E-state index in [9.17, 15) is 4.11 Å². The van der Waals surface area contributed by atoms with Crippen LogP contribution in [0, 0.1) is 0 Å². The van der Waals surface area contributed by atoms with Crippen molar-refractivity contribution in [3.8, 4) is 45.3 Å². The standard InChI is InChI=1S/C39H23N3OS/c1-3-10-24(11-4-1)37-40-38(25-12-5-2-6-13-25)42-39(41-37)27-18-20-30-31-16-9-15-28(36(31)44-35(30)23-27)26-19-21-34-32(22-26)29-14-7-8-17-33(29)43-34/h1-23H/i1D,3D,4D,9D,10D,11D,15D,16D,18D,20D,23D. The second kappa shape index (κ2) is 9.97. The van der Waals surface area contributed by atoms with Crippen molar-refractivity contribution in [2.75, 3.05) is 0 Å². The molecule has 6 aromatic carbocycles. The zero-order valence-electron chi connectivity index (χ0n) is 33.6. The van der Waals surface area contributed by atoms with Crippen LogP contribution in [0.2, 0.25) is 0 Å². The van der Waals surface area contributed by atoms with Crippen molar-refractivity contribution < 1.29 is 19.5 Å². The van der Waals surface area contributed by atoms with Crippen LogP contribution < -0.4 is 0 Å². The molecular weight excluding hydrogens is 559 g/mol. The Hall–Kier alpha value is -5.65. The second-order valence-corrected chi connectivity index (χ2v) is 11.0. The highest BCUT2D eigenvalue weighted by Gasteiger charge is 2.16. The second-order valence-electron chi connectivity index (χ2n) is 9.99. The van der Waals surface area contributed by atoms with Crippen LogP contribution in [-0.4, -0.2) is 15.0 Å². The molecule has 206 valence electrons. The number of hydrogen-bond donors (Lipinski definition) is 0. The quantitative estimate of drug-likeness (QED) is 0.204. The number of rotatable bonds is 4. The van der Waals surface area contributed by atoms with Gasteiger partial charge < -0.3 is 4.42 Å². The number of furan rings is 1. The molecule has 44 heavy (non-hydrogen) atoms. The zero-order chi connectivity index (χ0) is 38.6.